The topological polar surface area (TPSA) is 42.7 Å². The maximum absolute atomic E-state index is 4.32. The maximum atomic E-state index is 4.32. The molecule has 1 aliphatic rings. The maximum Gasteiger partial charge on any atom is 0.224 e. The molecule has 4 nitrogen and oxygen atoms in total. The van der Waals surface area contributed by atoms with Crippen LogP contribution in [0.2, 0.25) is 0 Å². The van der Waals surface area contributed by atoms with Crippen LogP contribution in [0.15, 0.2) is 0 Å². The van der Waals surface area contributed by atoms with E-state index < -0.39 is 0 Å². The Kier molecular flexibility index (Phi) is 3.51. The monoisotopic (exact) mass is 226 g/mol. The van der Waals surface area contributed by atoms with Crippen molar-refractivity contribution in [1.82, 2.24) is 14.8 Å². The van der Waals surface area contributed by atoms with Gasteiger partial charge in [-0.2, -0.15) is 11.8 Å². The van der Waals surface area contributed by atoms with Crippen molar-refractivity contribution in [1.29, 1.82) is 0 Å². The molecule has 1 aromatic rings. The van der Waals surface area contributed by atoms with Crippen molar-refractivity contribution in [2.24, 2.45) is 0 Å². The zero-order chi connectivity index (χ0) is 10.7. The van der Waals surface area contributed by atoms with E-state index in [2.05, 4.69) is 33.9 Å². The molecule has 1 fully saturated rings. The molecular weight excluding hydrogens is 208 g/mol. The predicted molar refractivity (Wildman–Crippen MR) is 64.3 cm³/mol. The summed E-state index contributed by atoms with van der Waals surface area (Å²) >= 11 is 2.01. The summed E-state index contributed by atoms with van der Waals surface area (Å²) in [5, 5.41) is 12.3. The van der Waals surface area contributed by atoms with Gasteiger partial charge in [0.1, 0.15) is 5.82 Å². The van der Waals surface area contributed by atoms with E-state index in [0.29, 0.717) is 5.25 Å². The summed E-state index contributed by atoms with van der Waals surface area (Å²) in [5.74, 6) is 3.33. The zero-order valence-corrected chi connectivity index (χ0v) is 10.2. The van der Waals surface area contributed by atoms with E-state index in [9.17, 15) is 0 Å². The van der Waals surface area contributed by atoms with Gasteiger partial charge in [-0.15, -0.1) is 10.2 Å². The number of anilines is 1. The van der Waals surface area contributed by atoms with Gasteiger partial charge in [0.2, 0.25) is 5.95 Å². The molecule has 0 amide bonds. The smallest absolute Gasteiger partial charge is 0.224 e. The summed E-state index contributed by atoms with van der Waals surface area (Å²) in [4.78, 5) is 0. The second kappa shape index (κ2) is 4.88. The molecule has 1 aliphatic heterocycles. The predicted octanol–water partition coefficient (Wildman–Crippen LogP) is 2.30. The van der Waals surface area contributed by atoms with Crippen LogP contribution in [-0.4, -0.2) is 27.1 Å². The van der Waals surface area contributed by atoms with Gasteiger partial charge in [-0.25, -0.2) is 0 Å². The van der Waals surface area contributed by atoms with E-state index in [-0.39, 0.29) is 0 Å². The van der Waals surface area contributed by atoms with Gasteiger partial charge >= 0.3 is 0 Å². The van der Waals surface area contributed by atoms with Gasteiger partial charge in [-0.1, -0.05) is 0 Å². The summed E-state index contributed by atoms with van der Waals surface area (Å²) in [6.45, 7) is 6.07. The summed E-state index contributed by atoms with van der Waals surface area (Å²) in [7, 11) is 0. The van der Waals surface area contributed by atoms with Crippen LogP contribution in [0.5, 0.6) is 0 Å². The fourth-order valence-corrected chi connectivity index (χ4v) is 3.21. The van der Waals surface area contributed by atoms with Crippen molar-refractivity contribution in [3.05, 3.63) is 5.82 Å². The second-order valence-corrected chi connectivity index (χ2v) is 4.97. The Morgan fingerprint density at radius 1 is 1.47 bits per heavy atom. The second-order valence-electron chi connectivity index (χ2n) is 3.66. The highest BCUT2D eigenvalue weighted by atomic mass is 32.2. The highest BCUT2D eigenvalue weighted by molar-refractivity contribution is 7.99. The van der Waals surface area contributed by atoms with Gasteiger partial charge < -0.3 is 5.32 Å². The average molecular weight is 226 g/mol. The third kappa shape index (κ3) is 2.12. The Morgan fingerprint density at radius 2 is 2.33 bits per heavy atom. The van der Waals surface area contributed by atoms with Gasteiger partial charge in [-0.05, 0) is 32.4 Å². The molecule has 0 spiro atoms. The zero-order valence-electron chi connectivity index (χ0n) is 9.36. The molecule has 0 aliphatic carbocycles. The Morgan fingerprint density at radius 3 is 2.93 bits per heavy atom. The Bertz CT molecular complexity index is 317. The first-order chi connectivity index (χ1) is 7.36. The molecular formula is C10H18N4S. The lowest BCUT2D eigenvalue weighted by atomic mass is 10.2. The van der Waals surface area contributed by atoms with Crippen LogP contribution in [0.3, 0.4) is 0 Å². The molecule has 1 unspecified atom stereocenters. The lowest BCUT2D eigenvalue weighted by molar-refractivity contribution is 0.672. The van der Waals surface area contributed by atoms with Crippen LogP contribution < -0.4 is 5.32 Å². The summed E-state index contributed by atoms with van der Waals surface area (Å²) < 4.78 is 2.20. The minimum absolute atomic E-state index is 0.560. The molecule has 15 heavy (non-hydrogen) atoms. The SMILES string of the molecule is CCNc1nnc(C2CCCS2)n1CC. The van der Waals surface area contributed by atoms with Crippen molar-refractivity contribution in [2.45, 2.75) is 38.5 Å². The summed E-state index contributed by atoms with van der Waals surface area (Å²) in [6, 6.07) is 0. The third-order valence-corrected chi connectivity index (χ3v) is 4.02. The molecule has 1 atom stereocenters. The van der Waals surface area contributed by atoms with Crippen LogP contribution >= 0.6 is 11.8 Å². The minimum atomic E-state index is 0.560. The lowest BCUT2D eigenvalue weighted by Crippen LogP contribution is -2.09. The van der Waals surface area contributed by atoms with E-state index in [4.69, 9.17) is 0 Å². The largest absolute Gasteiger partial charge is 0.355 e. The number of rotatable bonds is 4. The van der Waals surface area contributed by atoms with Crippen LogP contribution in [0.1, 0.15) is 37.8 Å². The standard InChI is InChI=1S/C10H18N4S/c1-3-11-10-13-12-9(14(10)4-2)8-6-5-7-15-8/h8H,3-7H2,1-2H3,(H,11,13). The van der Waals surface area contributed by atoms with E-state index in [0.717, 1.165) is 24.9 Å². The van der Waals surface area contributed by atoms with Gasteiger partial charge in [0.25, 0.3) is 0 Å². The van der Waals surface area contributed by atoms with Crippen LogP contribution in [0.25, 0.3) is 0 Å². The van der Waals surface area contributed by atoms with Crippen LogP contribution in [0.4, 0.5) is 5.95 Å². The molecule has 5 heteroatoms. The molecule has 1 aromatic heterocycles. The van der Waals surface area contributed by atoms with Crippen LogP contribution in [0, 0.1) is 0 Å². The van der Waals surface area contributed by atoms with E-state index >= 15 is 0 Å². The minimum Gasteiger partial charge on any atom is -0.355 e. The molecule has 0 bridgehead atoms. The highest BCUT2D eigenvalue weighted by Gasteiger charge is 2.24. The molecule has 0 radical (unpaired) electrons. The van der Waals surface area contributed by atoms with Crippen LogP contribution in [-0.2, 0) is 6.54 Å². The summed E-state index contributed by atoms with van der Waals surface area (Å²) in [5.41, 5.74) is 0. The Hall–Kier alpha value is -0.710. The van der Waals surface area contributed by atoms with Crippen molar-refractivity contribution in [2.75, 3.05) is 17.6 Å². The van der Waals surface area contributed by atoms with Crippen molar-refractivity contribution >= 4 is 17.7 Å². The fraction of sp³-hybridized carbons (Fsp3) is 0.800. The third-order valence-electron chi connectivity index (χ3n) is 2.65. The number of hydrogen-bond donors (Lipinski definition) is 1. The van der Waals surface area contributed by atoms with Crippen molar-refractivity contribution in [3.63, 3.8) is 0 Å². The van der Waals surface area contributed by atoms with E-state index in [1.807, 2.05) is 11.8 Å². The lowest BCUT2D eigenvalue weighted by Gasteiger charge is -2.11. The van der Waals surface area contributed by atoms with E-state index in [1.54, 1.807) is 0 Å². The quantitative estimate of drug-likeness (QED) is 0.855. The molecule has 0 aromatic carbocycles. The number of nitrogens with one attached hydrogen (secondary N) is 1. The Labute approximate surface area is 94.8 Å². The number of aromatic nitrogens is 3. The van der Waals surface area contributed by atoms with Gasteiger partial charge in [0, 0.05) is 13.1 Å². The highest BCUT2D eigenvalue weighted by Crippen LogP contribution is 2.39. The first-order valence-electron chi connectivity index (χ1n) is 5.65. The first-order valence-corrected chi connectivity index (χ1v) is 6.70. The number of hydrogen-bond acceptors (Lipinski definition) is 4. The van der Waals surface area contributed by atoms with E-state index in [1.165, 1.54) is 18.6 Å². The molecule has 0 saturated carbocycles. The van der Waals surface area contributed by atoms with Crippen molar-refractivity contribution < 1.29 is 0 Å². The summed E-state index contributed by atoms with van der Waals surface area (Å²) in [6.07, 6.45) is 2.55. The van der Waals surface area contributed by atoms with Gasteiger partial charge in [0.15, 0.2) is 0 Å². The molecule has 84 valence electrons. The molecule has 2 rings (SSSR count). The Balaban J connectivity index is 2.22. The van der Waals surface area contributed by atoms with Crippen molar-refractivity contribution in [3.8, 4) is 0 Å². The fourth-order valence-electron chi connectivity index (χ4n) is 1.94. The molecule has 2 heterocycles. The number of nitrogens with zero attached hydrogens (tertiary/aromatic N) is 3. The molecule has 1 N–H and O–H groups in total. The van der Waals surface area contributed by atoms with Gasteiger partial charge in [-0.3, -0.25) is 4.57 Å². The average Bonchev–Trinajstić information content (AvgIpc) is 2.85. The van der Waals surface area contributed by atoms with Gasteiger partial charge in [0.05, 0.1) is 5.25 Å². The molecule has 1 saturated heterocycles. The normalized spacial score (nSPS) is 20.8. The first kappa shape index (κ1) is 10.8. The number of thioether (sulfide) groups is 1.